The molecular formula is C10H18. The summed E-state index contributed by atoms with van der Waals surface area (Å²) in [4.78, 5) is 0. The van der Waals surface area contributed by atoms with Crippen molar-refractivity contribution in [3.63, 3.8) is 0 Å². The van der Waals surface area contributed by atoms with Crippen molar-refractivity contribution in [3.8, 4) is 0 Å². The van der Waals surface area contributed by atoms with Gasteiger partial charge in [0.15, 0.2) is 0 Å². The van der Waals surface area contributed by atoms with E-state index >= 15 is 0 Å². The van der Waals surface area contributed by atoms with E-state index in [1.807, 2.05) is 6.08 Å². The standard InChI is InChI=1S/C10H18/c1-4-6-7-9-10(3)8-5-2/h5,8H,2,4,6-7,9H2,1,3H3. The third-order valence-corrected chi connectivity index (χ3v) is 1.58. The Morgan fingerprint density at radius 1 is 1.40 bits per heavy atom. The van der Waals surface area contributed by atoms with Gasteiger partial charge in [-0.05, 0) is 19.8 Å². The van der Waals surface area contributed by atoms with Crippen LogP contribution in [0.4, 0.5) is 0 Å². The third-order valence-electron chi connectivity index (χ3n) is 1.58. The first-order valence-corrected chi connectivity index (χ1v) is 4.09. The maximum Gasteiger partial charge on any atom is -0.0320 e. The Morgan fingerprint density at radius 2 is 2.10 bits per heavy atom. The summed E-state index contributed by atoms with van der Waals surface area (Å²) >= 11 is 0. The number of allylic oxidation sites excluding steroid dienone is 3. The molecule has 0 saturated heterocycles. The van der Waals surface area contributed by atoms with Crippen molar-refractivity contribution in [2.45, 2.75) is 39.5 Å². The van der Waals surface area contributed by atoms with Crippen molar-refractivity contribution in [2.24, 2.45) is 0 Å². The van der Waals surface area contributed by atoms with E-state index in [0.29, 0.717) is 0 Å². The molecule has 0 unspecified atom stereocenters. The van der Waals surface area contributed by atoms with Crippen molar-refractivity contribution < 1.29 is 0 Å². The van der Waals surface area contributed by atoms with Gasteiger partial charge in [0.1, 0.15) is 0 Å². The Balaban J connectivity index is 3.29. The lowest BCUT2D eigenvalue weighted by Gasteiger charge is -1.97. The second-order valence-corrected chi connectivity index (χ2v) is 2.71. The van der Waals surface area contributed by atoms with E-state index in [1.54, 1.807) is 0 Å². The Hall–Kier alpha value is -0.520. The van der Waals surface area contributed by atoms with Crippen LogP contribution in [0.3, 0.4) is 0 Å². The summed E-state index contributed by atoms with van der Waals surface area (Å²) in [5.41, 5.74) is 1.45. The van der Waals surface area contributed by atoms with Crippen molar-refractivity contribution >= 4 is 0 Å². The van der Waals surface area contributed by atoms with E-state index in [4.69, 9.17) is 0 Å². The fourth-order valence-electron chi connectivity index (χ4n) is 0.938. The van der Waals surface area contributed by atoms with Crippen LogP contribution in [0.25, 0.3) is 0 Å². The minimum Gasteiger partial charge on any atom is -0.0991 e. The third kappa shape index (κ3) is 5.61. The lowest BCUT2D eigenvalue weighted by atomic mass is 10.1. The number of unbranched alkanes of at least 4 members (excludes halogenated alkanes) is 2. The van der Waals surface area contributed by atoms with Crippen LogP contribution in [0.5, 0.6) is 0 Å². The molecule has 0 bridgehead atoms. The van der Waals surface area contributed by atoms with Gasteiger partial charge in [0.05, 0.1) is 0 Å². The molecule has 0 fully saturated rings. The van der Waals surface area contributed by atoms with Gasteiger partial charge in [0.25, 0.3) is 0 Å². The van der Waals surface area contributed by atoms with Crippen LogP contribution in [0.2, 0.25) is 0 Å². The average Bonchev–Trinajstić information content (AvgIpc) is 1.89. The normalized spacial score (nSPS) is 11.6. The molecule has 0 amide bonds. The summed E-state index contributed by atoms with van der Waals surface area (Å²) in [5, 5.41) is 0. The van der Waals surface area contributed by atoms with Gasteiger partial charge in [-0.1, -0.05) is 44.1 Å². The largest absolute Gasteiger partial charge is 0.0991 e. The molecule has 0 heterocycles. The minimum absolute atomic E-state index is 1.24. The lowest BCUT2D eigenvalue weighted by molar-refractivity contribution is 0.713. The van der Waals surface area contributed by atoms with Gasteiger partial charge in [-0.2, -0.15) is 0 Å². The highest BCUT2D eigenvalue weighted by molar-refractivity contribution is 5.07. The highest BCUT2D eigenvalue weighted by Crippen LogP contribution is 2.07. The van der Waals surface area contributed by atoms with Gasteiger partial charge >= 0.3 is 0 Å². The van der Waals surface area contributed by atoms with Crippen LogP contribution in [0, 0.1) is 0 Å². The highest BCUT2D eigenvalue weighted by atomic mass is 13.9. The predicted octanol–water partition coefficient (Wildman–Crippen LogP) is 3.70. The molecule has 0 aromatic carbocycles. The van der Waals surface area contributed by atoms with E-state index < -0.39 is 0 Å². The molecule has 0 aliphatic carbocycles. The van der Waals surface area contributed by atoms with Gasteiger partial charge in [0.2, 0.25) is 0 Å². The van der Waals surface area contributed by atoms with Crippen molar-refractivity contribution in [1.29, 1.82) is 0 Å². The van der Waals surface area contributed by atoms with E-state index in [0.717, 1.165) is 0 Å². The molecule has 0 heteroatoms. The molecule has 10 heavy (non-hydrogen) atoms. The maximum absolute atomic E-state index is 3.65. The fourth-order valence-corrected chi connectivity index (χ4v) is 0.938. The highest BCUT2D eigenvalue weighted by Gasteiger charge is 1.87. The van der Waals surface area contributed by atoms with Crippen LogP contribution in [0.15, 0.2) is 24.3 Å². The molecule has 0 N–H and O–H groups in total. The zero-order valence-corrected chi connectivity index (χ0v) is 7.19. The summed E-state index contributed by atoms with van der Waals surface area (Å²) in [6.07, 6.45) is 9.17. The van der Waals surface area contributed by atoms with Gasteiger partial charge in [0, 0.05) is 0 Å². The Morgan fingerprint density at radius 3 is 2.60 bits per heavy atom. The maximum atomic E-state index is 3.65. The molecule has 0 nitrogen and oxygen atoms in total. The zero-order valence-electron chi connectivity index (χ0n) is 7.19. The van der Waals surface area contributed by atoms with Gasteiger partial charge in [-0.15, -0.1) is 0 Å². The Kier molecular flexibility index (Phi) is 6.25. The van der Waals surface area contributed by atoms with Gasteiger partial charge in [-0.25, -0.2) is 0 Å². The topological polar surface area (TPSA) is 0 Å². The van der Waals surface area contributed by atoms with Crippen LogP contribution in [-0.4, -0.2) is 0 Å². The molecule has 0 spiro atoms. The quantitative estimate of drug-likeness (QED) is 0.401. The van der Waals surface area contributed by atoms with Crippen LogP contribution in [0.1, 0.15) is 39.5 Å². The molecule has 0 saturated carbocycles. The van der Waals surface area contributed by atoms with E-state index in [1.165, 1.54) is 31.3 Å². The summed E-state index contributed by atoms with van der Waals surface area (Å²) in [6, 6.07) is 0. The molecule has 0 aliphatic rings. The smallest absolute Gasteiger partial charge is 0.0320 e. The predicted molar refractivity (Wildman–Crippen MR) is 48.1 cm³/mol. The molecule has 0 aromatic rings. The number of hydrogen-bond donors (Lipinski definition) is 0. The first-order chi connectivity index (χ1) is 4.81. The van der Waals surface area contributed by atoms with Crippen LogP contribution < -0.4 is 0 Å². The van der Waals surface area contributed by atoms with Crippen molar-refractivity contribution in [3.05, 3.63) is 24.3 Å². The minimum atomic E-state index is 1.24. The summed E-state index contributed by atoms with van der Waals surface area (Å²) in [7, 11) is 0. The second-order valence-electron chi connectivity index (χ2n) is 2.71. The molecule has 58 valence electrons. The molecule has 0 atom stereocenters. The van der Waals surface area contributed by atoms with Crippen molar-refractivity contribution in [1.82, 2.24) is 0 Å². The molecule has 0 aromatic heterocycles. The van der Waals surface area contributed by atoms with Gasteiger partial charge in [-0.3, -0.25) is 0 Å². The lowest BCUT2D eigenvalue weighted by Crippen LogP contribution is -1.77. The molecule has 0 radical (unpaired) electrons. The SMILES string of the molecule is C=CC=C(C)CCCCC. The zero-order chi connectivity index (χ0) is 7.82. The molecule has 0 aliphatic heterocycles. The van der Waals surface area contributed by atoms with Crippen LogP contribution in [-0.2, 0) is 0 Å². The molecule has 0 rings (SSSR count). The number of hydrogen-bond acceptors (Lipinski definition) is 0. The average molecular weight is 138 g/mol. The number of rotatable bonds is 5. The Bertz CT molecular complexity index is 109. The second kappa shape index (κ2) is 6.60. The molecular weight excluding hydrogens is 120 g/mol. The van der Waals surface area contributed by atoms with Gasteiger partial charge < -0.3 is 0 Å². The van der Waals surface area contributed by atoms with E-state index in [9.17, 15) is 0 Å². The van der Waals surface area contributed by atoms with Crippen LogP contribution >= 0.6 is 0 Å². The monoisotopic (exact) mass is 138 g/mol. The van der Waals surface area contributed by atoms with Crippen molar-refractivity contribution in [2.75, 3.05) is 0 Å². The summed E-state index contributed by atoms with van der Waals surface area (Å²) in [5.74, 6) is 0. The van der Waals surface area contributed by atoms with E-state index in [-0.39, 0.29) is 0 Å². The van der Waals surface area contributed by atoms with E-state index in [2.05, 4.69) is 26.5 Å². The fraction of sp³-hybridized carbons (Fsp3) is 0.600. The summed E-state index contributed by atoms with van der Waals surface area (Å²) in [6.45, 7) is 8.05. The summed E-state index contributed by atoms with van der Waals surface area (Å²) < 4.78 is 0. The first-order valence-electron chi connectivity index (χ1n) is 4.09. The first kappa shape index (κ1) is 9.48. The Labute approximate surface area is 64.6 Å².